The van der Waals surface area contributed by atoms with Gasteiger partial charge < -0.3 is 15.6 Å². The van der Waals surface area contributed by atoms with Gasteiger partial charge in [0.1, 0.15) is 6.33 Å². The lowest BCUT2D eigenvalue weighted by Gasteiger charge is -2.06. The molecule has 2 aromatic rings. The van der Waals surface area contributed by atoms with Gasteiger partial charge in [0.05, 0.1) is 13.0 Å². The number of carbonyl (C=O) groups excluding carboxylic acids is 1. The maximum atomic E-state index is 11.8. The number of hydrogen-bond acceptors (Lipinski definition) is 4. The van der Waals surface area contributed by atoms with Crippen LogP contribution in [0.15, 0.2) is 30.6 Å². The Hall–Kier alpha value is -2.37. The van der Waals surface area contributed by atoms with E-state index in [4.69, 9.17) is 5.73 Å². The van der Waals surface area contributed by atoms with Crippen LogP contribution >= 0.6 is 0 Å². The van der Waals surface area contributed by atoms with E-state index < -0.39 is 0 Å². The van der Waals surface area contributed by atoms with Crippen LogP contribution in [0, 0.1) is 0 Å². The zero-order valence-corrected chi connectivity index (χ0v) is 10.8. The monoisotopic (exact) mass is 259 g/mol. The summed E-state index contributed by atoms with van der Waals surface area (Å²) in [6, 6.07) is 7.28. The largest absolute Gasteiger partial charge is 0.399 e. The molecule has 0 aliphatic carbocycles. The average molecular weight is 259 g/mol. The molecule has 6 heteroatoms. The number of benzene rings is 1. The second-order valence-corrected chi connectivity index (χ2v) is 4.23. The van der Waals surface area contributed by atoms with Crippen molar-refractivity contribution in [3.8, 4) is 0 Å². The number of nitrogens with zero attached hydrogens (tertiary/aromatic N) is 3. The summed E-state index contributed by atoms with van der Waals surface area (Å²) in [6.07, 6.45) is 1.99. The Labute approximate surface area is 111 Å². The van der Waals surface area contributed by atoms with Crippen LogP contribution in [0.4, 0.5) is 5.69 Å². The fraction of sp³-hybridized carbons (Fsp3) is 0.308. The van der Waals surface area contributed by atoms with Gasteiger partial charge in [-0.05, 0) is 24.6 Å². The Balaban J connectivity index is 1.86. The van der Waals surface area contributed by atoms with Crippen molar-refractivity contribution in [3.05, 3.63) is 42.0 Å². The molecule has 0 spiro atoms. The summed E-state index contributed by atoms with van der Waals surface area (Å²) in [5.74, 6) is 0.712. The van der Waals surface area contributed by atoms with Crippen molar-refractivity contribution in [1.29, 1.82) is 0 Å². The van der Waals surface area contributed by atoms with E-state index in [1.54, 1.807) is 18.5 Å². The third-order valence-corrected chi connectivity index (χ3v) is 2.82. The number of nitrogen functional groups attached to an aromatic ring is 1. The zero-order valence-electron chi connectivity index (χ0n) is 10.8. The summed E-state index contributed by atoms with van der Waals surface area (Å²) >= 11 is 0. The molecule has 1 heterocycles. The third kappa shape index (κ3) is 3.54. The smallest absolute Gasteiger partial charge is 0.224 e. The van der Waals surface area contributed by atoms with Crippen LogP contribution in [0.25, 0.3) is 0 Å². The first kappa shape index (κ1) is 13.1. The minimum absolute atomic E-state index is 0.0459. The van der Waals surface area contributed by atoms with Crippen molar-refractivity contribution < 1.29 is 4.79 Å². The molecule has 2 rings (SSSR count). The van der Waals surface area contributed by atoms with Crippen molar-refractivity contribution in [3.63, 3.8) is 0 Å². The molecule has 19 heavy (non-hydrogen) atoms. The normalized spacial score (nSPS) is 10.4. The molecular weight excluding hydrogens is 242 g/mol. The van der Waals surface area contributed by atoms with E-state index >= 15 is 0 Å². The Morgan fingerprint density at radius 1 is 1.37 bits per heavy atom. The number of aromatic nitrogens is 3. The van der Waals surface area contributed by atoms with Crippen LogP contribution in [0.2, 0.25) is 0 Å². The fourth-order valence-electron chi connectivity index (χ4n) is 1.74. The number of carbonyl (C=O) groups is 1. The molecule has 1 amide bonds. The first-order chi connectivity index (χ1) is 9.19. The molecule has 0 atom stereocenters. The van der Waals surface area contributed by atoms with Gasteiger partial charge in [0.2, 0.25) is 5.91 Å². The Kier molecular flexibility index (Phi) is 4.12. The second kappa shape index (κ2) is 5.99. The molecule has 0 radical (unpaired) electrons. The minimum Gasteiger partial charge on any atom is -0.399 e. The lowest BCUT2D eigenvalue weighted by molar-refractivity contribution is -0.120. The van der Waals surface area contributed by atoms with Crippen LogP contribution in [0.5, 0.6) is 0 Å². The average Bonchev–Trinajstić information content (AvgIpc) is 2.86. The van der Waals surface area contributed by atoms with Crippen LogP contribution in [-0.4, -0.2) is 20.7 Å². The van der Waals surface area contributed by atoms with Crippen molar-refractivity contribution in [2.24, 2.45) is 0 Å². The summed E-state index contributed by atoms with van der Waals surface area (Å²) < 4.78 is 1.89. The number of nitrogens with two attached hydrogens (primary N) is 1. The molecule has 3 N–H and O–H groups in total. The lowest BCUT2D eigenvalue weighted by Crippen LogP contribution is -2.26. The second-order valence-electron chi connectivity index (χ2n) is 4.23. The van der Waals surface area contributed by atoms with E-state index in [0.29, 0.717) is 18.7 Å². The Bertz CT molecular complexity index is 546. The van der Waals surface area contributed by atoms with Crippen LogP contribution in [-0.2, 0) is 24.3 Å². The van der Waals surface area contributed by atoms with Gasteiger partial charge in [-0.25, -0.2) is 0 Å². The van der Waals surface area contributed by atoms with E-state index in [1.807, 2.05) is 23.6 Å². The topological polar surface area (TPSA) is 85.8 Å². The summed E-state index contributed by atoms with van der Waals surface area (Å²) in [5, 5.41) is 10.6. The lowest BCUT2D eigenvalue weighted by atomic mass is 10.1. The van der Waals surface area contributed by atoms with Crippen LogP contribution < -0.4 is 11.1 Å². The maximum absolute atomic E-state index is 11.8. The molecule has 0 saturated heterocycles. The van der Waals surface area contributed by atoms with Gasteiger partial charge in [-0.3, -0.25) is 4.79 Å². The first-order valence-corrected chi connectivity index (χ1v) is 6.17. The van der Waals surface area contributed by atoms with Gasteiger partial charge in [0.25, 0.3) is 0 Å². The number of amides is 1. The molecule has 100 valence electrons. The Morgan fingerprint density at radius 3 is 2.79 bits per heavy atom. The maximum Gasteiger partial charge on any atom is 0.224 e. The standard InChI is InChI=1S/C13H17N5O/c1-2-18-9-16-17-12(18)8-15-13(19)7-10-3-5-11(14)6-4-10/h3-6,9H,2,7-8,14H2,1H3,(H,15,19). The van der Waals surface area contributed by atoms with Crippen molar-refractivity contribution in [2.45, 2.75) is 26.4 Å². The van der Waals surface area contributed by atoms with Crippen LogP contribution in [0.1, 0.15) is 18.3 Å². The fourth-order valence-corrected chi connectivity index (χ4v) is 1.74. The van der Waals surface area contributed by atoms with Crippen molar-refractivity contribution >= 4 is 11.6 Å². The third-order valence-electron chi connectivity index (χ3n) is 2.82. The zero-order chi connectivity index (χ0) is 13.7. The molecule has 0 bridgehead atoms. The highest BCUT2D eigenvalue weighted by Crippen LogP contribution is 2.06. The summed E-state index contributed by atoms with van der Waals surface area (Å²) in [5.41, 5.74) is 7.22. The van der Waals surface area contributed by atoms with Gasteiger partial charge in [0.15, 0.2) is 5.82 Å². The van der Waals surface area contributed by atoms with Crippen molar-refractivity contribution in [2.75, 3.05) is 5.73 Å². The summed E-state index contributed by atoms with van der Waals surface area (Å²) in [7, 11) is 0. The van der Waals surface area contributed by atoms with Gasteiger partial charge >= 0.3 is 0 Å². The molecule has 0 fully saturated rings. The van der Waals surface area contributed by atoms with Gasteiger partial charge in [-0.1, -0.05) is 12.1 Å². The number of hydrogen-bond donors (Lipinski definition) is 2. The quantitative estimate of drug-likeness (QED) is 0.775. The molecule has 1 aromatic carbocycles. The number of aryl methyl sites for hydroxylation is 1. The predicted molar refractivity (Wildman–Crippen MR) is 72.1 cm³/mol. The van der Waals surface area contributed by atoms with E-state index in [9.17, 15) is 4.79 Å². The first-order valence-electron chi connectivity index (χ1n) is 6.17. The minimum atomic E-state index is -0.0459. The predicted octanol–water partition coefficient (Wildman–Crippen LogP) is 0.739. The summed E-state index contributed by atoms with van der Waals surface area (Å²) in [4.78, 5) is 11.8. The molecule has 6 nitrogen and oxygen atoms in total. The molecule has 1 aromatic heterocycles. The van der Waals surface area contributed by atoms with Crippen LogP contribution in [0.3, 0.4) is 0 Å². The van der Waals surface area contributed by atoms with E-state index in [2.05, 4.69) is 15.5 Å². The molecule has 0 aliphatic rings. The van der Waals surface area contributed by atoms with Crippen molar-refractivity contribution in [1.82, 2.24) is 20.1 Å². The van der Waals surface area contributed by atoms with E-state index in [1.165, 1.54) is 0 Å². The van der Waals surface area contributed by atoms with E-state index in [0.717, 1.165) is 17.9 Å². The molecule has 0 saturated carbocycles. The van der Waals surface area contributed by atoms with E-state index in [-0.39, 0.29) is 5.91 Å². The number of rotatable bonds is 5. The van der Waals surface area contributed by atoms with Gasteiger partial charge in [0, 0.05) is 12.2 Å². The summed E-state index contributed by atoms with van der Waals surface area (Å²) in [6.45, 7) is 3.18. The highest BCUT2D eigenvalue weighted by molar-refractivity contribution is 5.78. The highest BCUT2D eigenvalue weighted by atomic mass is 16.1. The molecular formula is C13H17N5O. The molecule has 0 aliphatic heterocycles. The Morgan fingerprint density at radius 2 is 2.11 bits per heavy atom. The number of nitrogens with one attached hydrogen (secondary N) is 1. The highest BCUT2D eigenvalue weighted by Gasteiger charge is 2.06. The molecule has 0 unspecified atom stereocenters. The number of anilines is 1. The SMILES string of the molecule is CCn1cnnc1CNC(=O)Cc1ccc(N)cc1. The van der Waals surface area contributed by atoms with Gasteiger partial charge in [-0.2, -0.15) is 0 Å². The van der Waals surface area contributed by atoms with Gasteiger partial charge in [-0.15, -0.1) is 10.2 Å².